The van der Waals surface area contributed by atoms with Crippen LogP contribution in [0.25, 0.3) is 0 Å². The molecule has 0 saturated carbocycles. The third-order valence-corrected chi connectivity index (χ3v) is 2.71. The van der Waals surface area contributed by atoms with Gasteiger partial charge in [-0.15, -0.1) is 5.01 Å². The smallest absolute Gasteiger partial charge is 0.332 e. The molecule has 20 heavy (non-hydrogen) atoms. The first-order chi connectivity index (χ1) is 9.23. The minimum Gasteiger partial charge on any atom is -0.569 e. The van der Waals surface area contributed by atoms with E-state index in [9.17, 15) is 14.8 Å². The molecule has 1 heterocycles. The number of carboxylic acid groups (broad SMARTS) is 1. The first-order valence-electron chi connectivity index (χ1n) is 6.20. The molecule has 0 amide bonds. The van der Waals surface area contributed by atoms with Crippen LogP contribution in [0, 0.1) is 10.6 Å². The van der Waals surface area contributed by atoms with E-state index >= 15 is 0 Å². The molecule has 1 rings (SSSR count). The van der Waals surface area contributed by atoms with E-state index in [1.165, 1.54) is 0 Å². The minimum atomic E-state index is -1.09. The molecular weight excluding hydrogens is 270 g/mol. The van der Waals surface area contributed by atoms with E-state index in [4.69, 9.17) is 9.84 Å². The molecule has 1 saturated heterocycles. The number of carbonyl (C=O) groups excluding carboxylic acids is 1. The largest absolute Gasteiger partial charge is 0.569 e. The van der Waals surface area contributed by atoms with Gasteiger partial charge < -0.3 is 19.9 Å². The lowest BCUT2D eigenvalue weighted by Crippen LogP contribution is -2.40. The Morgan fingerprint density at radius 1 is 1.50 bits per heavy atom. The van der Waals surface area contributed by atoms with Gasteiger partial charge in [-0.1, -0.05) is 0 Å². The van der Waals surface area contributed by atoms with Gasteiger partial charge in [-0.25, -0.2) is 4.79 Å². The maximum atomic E-state index is 11.5. The molecule has 114 valence electrons. The summed E-state index contributed by atoms with van der Waals surface area (Å²) in [5, 5.41) is 24.6. The number of rotatable bonds is 5. The van der Waals surface area contributed by atoms with E-state index in [0.717, 1.165) is 5.01 Å². The Hall–Kier alpha value is -2.06. The number of hydrogen-bond donors (Lipinski definition) is 1. The number of nitrogens with zero attached hydrogens (tertiary/aromatic N) is 3. The molecule has 1 atom stereocenters. The molecule has 1 aliphatic rings. The highest BCUT2D eigenvalue weighted by Gasteiger charge is 2.36. The van der Waals surface area contributed by atoms with Gasteiger partial charge in [-0.05, 0) is 33.6 Å². The monoisotopic (exact) mass is 289 g/mol. The van der Waals surface area contributed by atoms with E-state index in [0.29, 0.717) is 12.8 Å². The van der Waals surface area contributed by atoms with Gasteiger partial charge in [0.2, 0.25) is 5.28 Å². The Bertz CT molecular complexity index is 403. The first-order valence-corrected chi connectivity index (χ1v) is 6.20. The molecule has 0 aliphatic carbocycles. The third-order valence-electron chi connectivity index (χ3n) is 2.71. The molecule has 9 nitrogen and oxygen atoms in total. The highest BCUT2D eigenvalue weighted by molar-refractivity contribution is 5.75. The van der Waals surface area contributed by atoms with Crippen LogP contribution in [-0.4, -0.2) is 46.4 Å². The van der Waals surface area contributed by atoms with Gasteiger partial charge in [0.25, 0.3) is 6.79 Å². The van der Waals surface area contributed by atoms with E-state index in [1.54, 1.807) is 20.8 Å². The predicted molar refractivity (Wildman–Crippen MR) is 64.9 cm³/mol. The van der Waals surface area contributed by atoms with Crippen LogP contribution in [0.1, 0.15) is 33.6 Å². The third kappa shape index (κ3) is 4.25. The summed E-state index contributed by atoms with van der Waals surface area (Å²) in [4.78, 5) is 26.9. The fourth-order valence-corrected chi connectivity index (χ4v) is 1.62. The van der Waals surface area contributed by atoms with Crippen LogP contribution in [0.3, 0.4) is 0 Å². The number of hydrazine groups is 1. The van der Waals surface area contributed by atoms with Crippen molar-refractivity contribution in [2.24, 2.45) is 10.7 Å². The van der Waals surface area contributed by atoms with Gasteiger partial charge in [0, 0.05) is 0 Å². The summed E-state index contributed by atoms with van der Waals surface area (Å²) in [6.07, 6.45) is 0.965. The summed E-state index contributed by atoms with van der Waals surface area (Å²) in [5.74, 6) is -1.58. The Morgan fingerprint density at radius 2 is 2.15 bits per heavy atom. The van der Waals surface area contributed by atoms with Crippen molar-refractivity contribution in [1.29, 1.82) is 0 Å². The number of aliphatic carboxylic acids is 1. The second kappa shape index (κ2) is 6.40. The van der Waals surface area contributed by atoms with Gasteiger partial charge in [-0.2, -0.15) is 0 Å². The van der Waals surface area contributed by atoms with Crippen molar-refractivity contribution in [3.05, 3.63) is 5.21 Å². The zero-order valence-electron chi connectivity index (χ0n) is 11.7. The van der Waals surface area contributed by atoms with Crippen molar-refractivity contribution >= 4 is 11.9 Å². The number of carboxylic acids is 1. The number of hydrogen-bond acceptors (Lipinski definition) is 6. The molecule has 1 aliphatic heterocycles. The molecule has 9 heteroatoms. The molecule has 0 spiro atoms. The topological polar surface area (TPSA) is 114 Å². The average Bonchev–Trinajstić information content (AvgIpc) is 2.82. The Balaban J connectivity index is 2.42. The standard InChI is InChI=1S/C11H19N3O6/c1-11(2,3)10(17)19-7-20-12-14(18)13-6-4-5-8(13)9(15)16/h8H,4-7H2,1-3H3,(H,15,16). The van der Waals surface area contributed by atoms with E-state index in [1.807, 2.05) is 0 Å². The molecule has 0 aromatic rings. The maximum absolute atomic E-state index is 11.5. The summed E-state index contributed by atoms with van der Waals surface area (Å²) >= 11 is 0. The number of carbonyl (C=O) groups is 2. The quantitative estimate of drug-likeness (QED) is 0.199. The molecule has 0 radical (unpaired) electrons. The highest BCUT2D eigenvalue weighted by atomic mass is 16.8. The Kier molecular flexibility index (Phi) is 5.12. The van der Waals surface area contributed by atoms with Crippen molar-refractivity contribution in [2.75, 3.05) is 13.3 Å². The average molecular weight is 289 g/mol. The lowest BCUT2D eigenvalue weighted by atomic mass is 9.98. The molecular formula is C11H19N3O6. The highest BCUT2D eigenvalue weighted by Crippen LogP contribution is 2.17. The van der Waals surface area contributed by atoms with Crippen LogP contribution in [0.2, 0.25) is 0 Å². The molecule has 0 aromatic heterocycles. The van der Waals surface area contributed by atoms with Crippen LogP contribution < -0.4 is 0 Å². The SMILES string of the molecule is CC(C)(C)C(=O)OCON=[N+]([O-])N1CCCC1C(=O)O. The van der Waals surface area contributed by atoms with Gasteiger partial charge in [-0.3, -0.25) is 4.79 Å². The lowest BCUT2D eigenvalue weighted by molar-refractivity contribution is -0.712. The predicted octanol–water partition coefficient (Wildman–Crippen LogP) is 0.891. The van der Waals surface area contributed by atoms with Crippen molar-refractivity contribution in [1.82, 2.24) is 5.01 Å². The number of esters is 1. The van der Waals surface area contributed by atoms with E-state index in [-0.39, 0.29) is 11.5 Å². The van der Waals surface area contributed by atoms with E-state index < -0.39 is 30.2 Å². The molecule has 0 aromatic carbocycles. The normalized spacial score (nSPS) is 19.9. The summed E-state index contributed by atoms with van der Waals surface area (Å²) < 4.78 is 4.74. The van der Waals surface area contributed by atoms with Crippen LogP contribution in [-0.2, 0) is 19.2 Å². The van der Waals surface area contributed by atoms with E-state index in [2.05, 4.69) is 10.1 Å². The fourth-order valence-electron chi connectivity index (χ4n) is 1.62. The zero-order chi connectivity index (χ0) is 15.3. The Morgan fingerprint density at radius 3 is 2.70 bits per heavy atom. The summed E-state index contributed by atoms with van der Waals surface area (Å²) in [7, 11) is 0. The van der Waals surface area contributed by atoms with Crippen molar-refractivity contribution in [3.8, 4) is 0 Å². The van der Waals surface area contributed by atoms with Gasteiger partial charge in [0.15, 0.2) is 6.04 Å². The summed E-state index contributed by atoms with van der Waals surface area (Å²) in [6.45, 7) is 4.81. The van der Waals surface area contributed by atoms with Gasteiger partial charge in [0.05, 0.1) is 16.9 Å². The minimum absolute atomic E-state index is 0.0801. The van der Waals surface area contributed by atoms with Crippen LogP contribution in [0.15, 0.2) is 5.28 Å². The Labute approximate surface area is 116 Å². The van der Waals surface area contributed by atoms with Crippen LogP contribution in [0.4, 0.5) is 0 Å². The molecule has 1 unspecified atom stereocenters. The van der Waals surface area contributed by atoms with Crippen LogP contribution >= 0.6 is 0 Å². The van der Waals surface area contributed by atoms with Gasteiger partial charge in [0.1, 0.15) is 0 Å². The molecule has 1 N–H and O–H groups in total. The summed E-state index contributed by atoms with van der Waals surface area (Å²) in [6, 6.07) is -0.906. The van der Waals surface area contributed by atoms with Crippen molar-refractivity contribution in [3.63, 3.8) is 0 Å². The van der Waals surface area contributed by atoms with Crippen molar-refractivity contribution < 1.29 is 29.2 Å². The van der Waals surface area contributed by atoms with Gasteiger partial charge >= 0.3 is 11.9 Å². The molecule has 0 bridgehead atoms. The zero-order valence-corrected chi connectivity index (χ0v) is 11.7. The summed E-state index contributed by atoms with van der Waals surface area (Å²) in [5.41, 5.74) is -0.677. The second-order valence-corrected chi connectivity index (χ2v) is 5.42. The second-order valence-electron chi connectivity index (χ2n) is 5.42. The first kappa shape index (κ1) is 16.0. The fraction of sp³-hybridized carbons (Fsp3) is 0.818. The maximum Gasteiger partial charge on any atom is 0.332 e. The van der Waals surface area contributed by atoms with Crippen LogP contribution in [0.5, 0.6) is 0 Å². The van der Waals surface area contributed by atoms with Crippen molar-refractivity contribution in [2.45, 2.75) is 39.7 Å². The number of ether oxygens (including phenoxy) is 1. The molecule has 1 fully saturated rings. The lowest BCUT2D eigenvalue weighted by Gasteiger charge is -2.17.